The minimum Gasteiger partial charge on any atom is -0.490 e. The van der Waals surface area contributed by atoms with E-state index in [1.165, 1.54) is 23.1 Å². The van der Waals surface area contributed by atoms with Crippen LogP contribution in [0.25, 0.3) is 0 Å². The van der Waals surface area contributed by atoms with Crippen LogP contribution >= 0.6 is 23.4 Å². The molecular formula is C50H53ClN2O13S. The molecule has 15 nitrogen and oxygen atoms in total. The predicted molar refractivity (Wildman–Crippen MR) is 248 cm³/mol. The van der Waals surface area contributed by atoms with E-state index in [-0.39, 0.29) is 0 Å². The number of ether oxygens (including phenoxy) is 4. The predicted octanol–water partition coefficient (Wildman–Crippen LogP) is 4.58. The number of allylic oxidation sites excluding steroid dienone is 3. The number of aliphatic hydroxyl groups excluding tert-OH is 8. The SMILES string of the molecule is OC[C@H]1O[C@@H](c2ccc(Cl)c(Cc3ccc4c(c3)SC3C=CC=CC3C4)c2)[C@H](O)[C@@H](O)[C@@H]1O.OC[C@H]1O[C@@H](c2ccc(Oc3cocn3)c(Cc3ccc4c(c3)NCCO4)c2)[C@H](O)[C@@H](O)[C@@H]1O. The third-order valence-corrected chi connectivity index (χ3v) is 14.6. The van der Waals surface area contributed by atoms with Crippen molar-refractivity contribution >= 4 is 29.1 Å². The van der Waals surface area contributed by atoms with Gasteiger partial charge >= 0.3 is 0 Å². The van der Waals surface area contributed by atoms with Crippen molar-refractivity contribution in [3.63, 3.8) is 0 Å². The molecule has 354 valence electrons. The van der Waals surface area contributed by atoms with Crippen molar-refractivity contribution in [2.75, 3.05) is 31.7 Å². The van der Waals surface area contributed by atoms with E-state index in [1.807, 2.05) is 42.1 Å². The van der Waals surface area contributed by atoms with Crippen LogP contribution in [0.4, 0.5) is 5.69 Å². The lowest BCUT2D eigenvalue weighted by Gasteiger charge is -2.40. The molecule has 5 heterocycles. The molecule has 0 radical (unpaired) electrons. The Morgan fingerprint density at radius 3 is 2.07 bits per heavy atom. The van der Waals surface area contributed by atoms with Gasteiger partial charge in [0.1, 0.15) is 79.1 Å². The zero-order valence-electron chi connectivity index (χ0n) is 36.1. The molecule has 2 fully saturated rings. The van der Waals surface area contributed by atoms with Crippen LogP contribution in [0.3, 0.4) is 0 Å². The van der Waals surface area contributed by atoms with Gasteiger partial charge in [-0.1, -0.05) is 72.3 Å². The van der Waals surface area contributed by atoms with E-state index in [2.05, 4.69) is 52.8 Å². The summed E-state index contributed by atoms with van der Waals surface area (Å²) in [6.45, 7) is 0.389. The van der Waals surface area contributed by atoms with Gasteiger partial charge < -0.3 is 69.5 Å². The van der Waals surface area contributed by atoms with Gasteiger partial charge in [-0.25, -0.2) is 0 Å². The largest absolute Gasteiger partial charge is 0.490 e. The average Bonchev–Trinajstić information content (AvgIpc) is 3.87. The van der Waals surface area contributed by atoms with E-state index < -0.39 is 74.3 Å². The van der Waals surface area contributed by atoms with Crippen molar-refractivity contribution in [3.8, 4) is 17.4 Å². The van der Waals surface area contributed by atoms with E-state index in [0.29, 0.717) is 58.4 Å². The Balaban J connectivity index is 0.000000168. The summed E-state index contributed by atoms with van der Waals surface area (Å²) in [7, 11) is 0. The van der Waals surface area contributed by atoms with E-state index in [0.717, 1.165) is 46.7 Å². The molecule has 9 N–H and O–H groups in total. The number of hydrogen-bond acceptors (Lipinski definition) is 16. The molecule has 2 unspecified atom stereocenters. The summed E-state index contributed by atoms with van der Waals surface area (Å²) < 4.78 is 28.0. The van der Waals surface area contributed by atoms with E-state index in [9.17, 15) is 40.9 Å². The Kier molecular flexibility index (Phi) is 14.7. The molecule has 10 rings (SSSR count). The fourth-order valence-corrected chi connectivity index (χ4v) is 10.6. The Morgan fingerprint density at radius 2 is 1.37 bits per heavy atom. The van der Waals surface area contributed by atoms with Crippen molar-refractivity contribution < 1.29 is 64.2 Å². The summed E-state index contributed by atoms with van der Waals surface area (Å²) in [6.07, 6.45) is 1.46. The van der Waals surface area contributed by atoms with Crippen molar-refractivity contribution in [3.05, 3.63) is 154 Å². The lowest BCUT2D eigenvalue weighted by molar-refractivity contribution is -0.231. The number of benzene rings is 4. The van der Waals surface area contributed by atoms with Crippen molar-refractivity contribution in [2.24, 2.45) is 5.92 Å². The number of aromatic nitrogens is 1. The van der Waals surface area contributed by atoms with Gasteiger partial charge in [-0.3, -0.25) is 0 Å². The molecule has 12 atom stereocenters. The standard InChI is InChI=1S/C26H27ClO5S.C24H26N2O8/c27-19-8-7-17(26-25(31)24(30)23(29)20(13-28)32-26)12-18(19)9-14-5-6-16-11-15-3-1-2-4-21(15)33-22(16)10-14;27-10-19-21(28)22(29)23(30)24(34-19)14-2-4-17(33-20-11-31-12-26-20)15(9-14)7-13-1-3-18-16(8-13)25-5-6-32-18/h1-8,10,12,15,20-21,23-26,28-31H,9,11,13H2;1-4,8-9,11-12,19,21-25,27-30H,5-7,10H2/t15?,20-,21?,23-,24+,25-,26+;19-,21-,22+,23-,24+/m11/s1. The van der Waals surface area contributed by atoms with Crippen LogP contribution in [0.2, 0.25) is 5.02 Å². The quantitative estimate of drug-likeness (QED) is 0.0932. The Morgan fingerprint density at radius 1 is 0.716 bits per heavy atom. The number of nitrogens with zero attached hydrogens (tertiary/aromatic N) is 1. The summed E-state index contributed by atoms with van der Waals surface area (Å²) in [4.78, 5) is 5.31. The first-order chi connectivity index (χ1) is 32.5. The molecule has 67 heavy (non-hydrogen) atoms. The number of oxazole rings is 1. The summed E-state index contributed by atoms with van der Waals surface area (Å²) in [5.41, 5.74) is 7.27. The van der Waals surface area contributed by atoms with Gasteiger partial charge in [0.2, 0.25) is 0 Å². The lowest BCUT2D eigenvalue weighted by atomic mass is 9.89. The van der Waals surface area contributed by atoms with Crippen LogP contribution in [0.15, 0.2) is 119 Å². The van der Waals surface area contributed by atoms with E-state index in [1.54, 1.807) is 24.3 Å². The maximum absolute atomic E-state index is 10.6. The highest BCUT2D eigenvalue weighted by molar-refractivity contribution is 8.00. The van der Waals surface area contributed by atoms with Crippen LogP contribution in [0, 0.1) is 5.92 Å². The van der Waals surface area contributed by atoms with Crippen LogP contribution in [-0.4, -0.2) is 126 Å². The number of rotatable bonds is 10. The highest BCUT2D eigenvalue weighted by atomic mass is 35.5. The van der Waals surface area contributed by atoms with Gasteiger partial charge in [-0.2, -0.15) is 4.98 Å². The lowest BCUT2D eigenvalue weighted by Crippen LogP contribution is -2.55. The van der Waals surface area contributed by atoms with E-state index in [4.69, 9.17) is 35.0 Å². The molecule has 1 aromatic heterocycles. The molecule has 0 saturated carbocycles. The van der Waals surface area contributed by atoms with Gasteiger partial charge in [0.05, 0.1) is 18.9 Å². The van der Waals surface area contributed by atoms with Gasteiger partial charge in [0, 0.05) is 28.1 Å². The second kappa shape index (κ2) is 20.8. The summed E-state index contributed by atoms with van der Waals surface area (Å²) in [6, 6.07) is 23.1. The van der Waals surface area contributed by atoms with Gasteiger partial charge in [0.25, 0.3) is 5.88 Å². The number of thioether (sulfide) groups is 1. The van der Waals surface area contributed by atoms with Gasteiger partial charge in [0.15, 0.2) is 12.7 Å². The number of fused-ring (bicyclic) bond motifs is 3. The number of aliphatic hydroxyl groups is 8. The molecular weight excluding hydrogens is 904 g/mol. The first kappa shape index (κ1) is 47.3. The Hall–Kier alpha value is -4.79. The zero-order valence-corrected chi connectivity index (χ0v) is 37.7. The molecule has 0 amide bonds. The highest BCUT2D eigenvalue weighted by Gasteiger charge is 2.45. The van der Waals surface area contributed by atoms with Crippen LogP contribution in [0.5, 0.6) is 17.4 Å². The van der Waals surface area contributed by atoms with Gasteiger partial charge in [-0.15, -0.1) is 11.8 Å². The monoisotopic (exact) mass is 956 g/mol. The molecule has 5 aliphatic rings. The topological polar surface area (TPSA) is 237 Å². The molecule has 4 aromatic carbocycles. The molecule has 5 aromatic rings. The number of halogens is 1. The summed E-state index contributed by atoms with van der Waals surface area (Å²) >= 11 is 8.41. The Bertz CT molecular complexity index is 2560. The third kappa shape index (κ3) is 10.3. The minimum atomic E-state index is -1.46. The van der Waals surface area contributed by atoms with Crippen molar-refractivity contribution in [1.82, 2.24) is 4.98 Å². The zero-order chi connectivity index (χ0) is 46.8. The smallest absolute Gasteiger partial charge is 0.258 e. The van der Waals surface area contributed by atoms with Crippen LogP contribution in [0.1, 0.15) is 51.2 Å². The Labute approximate surface area is 395 Å². The summed E-state index contributed by atoms with van der Waals surface area (Å²) in [5, 5.41) is 85.0. The van der Waals surface area contributed by atoms with Crippen molar-refractivity contribution in [1.29, 1.82) is 0 Å². The maximum atomic E-state index is 10.6. The maximum Gasteiger partial charge on any atom is 0.258 e. The number of hydrogen-bond donors (Lipinski definition) is 9. The highest BCUT2D eigenvalue weighted by Crippen LogP contribution is 2.43. The van der Waals surface area contributed by atoms with Crippen LogP contribution in [-0.2, 0) is 28.7 Å². The first-order valence-electron chi connectivity index (χ1n) is 22.2. The molecule has 4 aliphatic heterocycles. The second-order valence-electron chi connectivity index (χ2n) is 17.3. The molecule has 0 spiro atoms. The third-order valence-electron chi connectivity index (χ3n) is 12.8. The van der Waals surface area contributed by atoms with E-state index >= 15 is 0 Å². The fourth-order valence-electron chi connectivity index (χ4n) is 9.11. The average molecular weight is 957 g/mol. The molecule has 2 saturated heterocycles. The molecule has 17 heteroatoms. The molecule has 0 bridgehead atoms. The minimum absolute atomic E-state index is 0.294. The summed E-state index contributed by atoms with van der Waals surface area (Å²) in [5.74, 6) is 2.17. The fraction of sp³-hybridized carbons (Fsp3) is 0.380. The van der Waals surface area contributed by atoms with Gasteiger partial charge in [-0.05, 0) is 94.1 Å². The normalized spacial score (nSPS) is 29.6. The van der Waals surface area contributed by atoms with Crippen LogP contribution < -0.4 is 14.8 Å². The number of anilines is 1. The first-order valence-corrected chi connectivity index (χ1v) is 23.4. The van der Waals surface area contributed by atoms with Crippen molar-refractivity contribution in [2.45, 2.75) is 90.4 Å². The molecule has 1 aliphatic carbocycles. The second-order valence-corrected chi connectivity index (χ2v) is 18.9. The number of nitrogens with one attached hydrogen (secondary N) is 1.